The Labute approximate surface area is 154 Å². The van der Waals surface area contributed by atoms with Gasteiger partial charge in [-0.1, -0.05) is 18.6 Å². The Bertz CT molecular complexity index is 830. The quantitative estimate of drug-likeness (QED) is 0.850. The predicted octanol–water partition coefficient (Wildman–Crippen LogP) is 3.31. The highest BCUT2D eigenvalue weighted by molar-refractivity contribution is 5.92. The van der Waals surface area contributed by atoms with E-state index in [4.69, 9.17) is 0 Å². The van der Waals surface area contributed by atoms with Gasteiger partial charge < -0.3 is 15.0 Å². The molecule has 1 aromatic carbocycles. The van der Waals surface area contributed by atoms with Gasteiger partial charge in [-0.3, -0.25) is 4.79 Å². The third-order valence-electron chi connectivity index (χ3n) is 4.63. The minimum Gasteiger partial charge on any atom is -0.380 e. The first-order valence-corrected chi connectivity index (χ1v) is 8.79. The van der Waals surface area contributed by atoms with Gasteiger partial charge >= 0.3 is 6.18 Å². The van der Waals surface area contributed by atoms with Crippen LogP contribution in [0.3, 0.4) is 0 Å². The minimum absolute atomic E-state index is 0.335. The molecule has 0 aliphatic carbocycles. The van der Waals surface area contributed by atoms with Crippen LogP contribution in [0.15, 0.2) is 24.3 Å². The predicted molar refractivity (Wildman–Crippen MR) is 92.9 cm³/mol. The lowest BCUT2D eigenvalue weighted by molar-refractivity contribution is -0.252. The zero-order valence-electron chi connectivity index (χ0n) is 14.9. The fourth-order valence-corrected chi connectivity index (χ4v) is 3.05. The van der Waals surface area contributed by atoms with E-state index < -0.39 is 24.1 Å². The molecular formula is C18H21F3N4O2. The first-order chi connectivity index (χ1) is 12.7. The smallest absolute Gasteiger partial charge is 0.380 e. The molecule has 0 saturated heterocycles. The molecule has 2 aromatic rings. The van der Waals surface area contributed by atoms with Crippen molar-refractivity contribution in [2.75, 3.05) is 5.32 Å². The van der Waals surface area contributed by atoms with Gasteiger partial charge in [-0.15, -0.1) is 10.2 Å². The molecule has 1 aliphatic rings. The van der Waals surface area contributed by atoms with E-state index in [1.54, 1.807) is 18.2 Å². The monoisotopic (exact) mass is 382 g/mol. The number of hydrogen-bond acceptors (Lipinski definition) is 4. The summed E-state index contributed by atoms with van der Waals surface area (Å²) in [5.74, 6) is 0.665. The van der Waals surface area contributed by atoms with Crippen LogP contribution in [-0.4, -0.2) is 37.6 Å². The van der Waals surface area contributed by atoms with Crippen molar-refractivity contribution in [2.24, 2.45) is 0 Å². The lowest BCUT2D eigenvalue weighted by Crippen LogP contribution is -2.44. The van der Waals surface area contributed by atoms with Gasteiger partial charge in [0, 0.05) is 24.2 Å². The van der Waals surface area contributed by atoms with Gasteiger partial charge in [0.15, 0.2) is 11.4 Å². The Morgan fingerprint density at radius 2 is 2.04 bits per heavy atom. The van der Waals surface area contributed by atoms with Crippen molar-refractivity contribution in [3.05, 3.63) is 30.1 Å². The van der Waals surface area contributed by atoms with Crippen molar-refractivity contribution >= 4 is 11.6 Å². The fraction of sp³-hybridized carbons (Fsp3) is 0.500. The van der Waals surface area contributed by atoms with Crippen LogP contribution in [0.1, 0.15) is 38.4 Å². The third kappa shape index (κ3) is 4.29. The second kappa shape index (κ2) is 7.30. The molecule has 146 valence electrons. The molecular weight excluding hydrogens is 361 g/mol. The average Bonchev–Trinajstić information content (AvgIpc) is 2.82. The molecule has 6 nitrogen and oxygen atoms in total. The second-order valence-electron chi connectivity index (χ2n) is 6.98. The van der Waals surface area contributed by atoms with Crippen molar-refractivity contribution in [2.45, 2.75) is 57.3 Å². The van der Waals surface area contributed by atoms with Crippen molar-refractivity contribution in [1.82, 2.24) is 14.8 Å². The largest absolute Gasteiger partial charge is 0.417 e. The lowest BCUT2D eigenvalue weighted by Gasteiger charge is -2.25. The Kier molecular flexibility index (Phi) is 5.23. The second-order valence-corrected chi connectivity index (χ2v) is 6.98. The van der Waals surface area contributed by atoms with Crippen LogP contribution in [0.2, 0.25) is 0 Å². The van der Waals surface area contributed by atoms with E-state index in [9.17, 15) is 23.1 Å². The van der Waals surface area contributed by atoms with Crippen LogP contribution in [-0.2, 0) is 17.8 Å². The lowest BCUT2D eigenvalue weighted by atomic mass is 10.0. The summed E-state index contributed by atoms with van der Waals surface area (Å²) in [7, 11) is 0. The van der Waals surface area contributed by atoms with Gasteiger partial charge in [0.25, 0.3) is 0 Å². The summed E-state index contributed by atoms with van der Waals surface area (Å²) < 4.78 is 40.2. The number of rotatable bonds is 4. The van der Waals surface area contributed by atoms with Crippen LogP contribution >= 0.6 is 0 Å². The molecule has 1 aromatic heterocycles. The van der Waals surface area contributed by atoms with Gasteiger partial charge in [-0.2, -0.15) is 13.2 Å². The van der Waals surface area contributed by atoms with E-state index in [2.05, 4.69) is 15.5 Å². The summed E-state index contributed by atoms with van der Waals surface area (Å²) >= 11 is 0. The Morgan fingerprint density at radius 3 is 2.78 bits per heavy atom. The SMILES string of the molecule is C[C@@](O)(CC(=O)Nc1cccc(-c2nnc3n2CCCCC3)c1)C(F)(F)F. The number of halogens is 3. The van der Waals surface area contributed by atoms with Crippen molar-refractivity contribution in [1.29, 1.82) is 0 Å². The number of benzene rings is 1. The number of amides is 1. The minimum atomic E-state index is -4.88. The van der Waals surface area contributed by atoms with Crippen molar-refractivity contribution < 1.29 is 23.1 Å². The molecule has 27 heavy (non-hydrogen) atoms. The number of aryl methyl sites for hydroxylation is 1. The zero-order chi connectivity index (χ0) is 19.7. The molecule has 3 rings (SSSR count). The Morgan fingerprint density at radius 1 is 1.26 bits per heavy atom. The van der Waals surface area contributed by atoms with Crippen LogP contribution in [0.5, 0.6) is 0 Å². The van der Waals surface area contributed by atoms with Gasteiger partial charge in [0.05, 0.1) is 6.42 Å². The fourth-order valence-electron chi connectivity index (χ4n) is 3.05. The third-order valence-corrected chi connectivity index (χ3v) is 4.63. The maximum atomic E-state index is 12.7. The molecule has 1 atom stereocenters. The number of hydrogen-bond donors (Lipinski definition) is 2. The number of alkyl halides is 3. The highest BCUT2D eigenvalue weighted by atomic mass is 19.4. The standard InChI is InChI=1S/C18H21F3N4O2/c1-17(27,18(19,20)21)11-15(26)22-13-7-5-6-12(10-13)16-24-23-14-8-3-2-4-9-25(14)16/h5-7,10,27H,2-4,8-9,11H2,1H3,(H,22,26)/t17-/m1/s1. The highest BCUT2D eigenvalue weighted by Crippen LogP contribution is 2.33. The maximum Gasteiger partial charge on any atom is 0.417 e. The van der Waals surface area contributed by atoms with Crippen LogP contribution in [0, 0.1) is 0 Å². The number of anilines is 1. The van der Waals surface area contributed by atoms with E-state index in [1.807, 2.05) is 10.6 Å². The number of fused-ring (bicyclic) bond motifs is 1. The van der Waals surface area contributed by atoms with E-state index in [1.165, 1.54) is 0 Å². The van der Waals surface area contributed by atoms with Gasteiger partial charge in [-0.25, -0.2) is 0 Å². The zero-order valence-corrected chi connectivity index (χ0v) is 14.9. The van der Waals surface area contributed by atoms with Crippen molar-refractivity contribution in [3.63, 3.8) is 0 Å². The molecule has 9 heteroatoms. The molecule has 1 amide bonds. The highest BCUT2D eigenvalue weighted by Gasteiger charge is 2.50. The first kappa shape index (κ1) is 19.3. The summed E-state index contributed by atoms with van der Waals surface area (Å²) in [5, 5.41) is 20.3. The van der Waals surface area contributed by atoms with Crippen molar-refractivity contribution in [3.8, 4) is 11.4 Å². The van der Waals surface area contributed by atoms with E-state index in [0.29, 0.717) is 18.4 Å². The summed E-state index contributed by atoms with van der Waals surface area (Å²) in [6.07, 6.45) is -1.89. The van der Waals surface area contributed by atoms with Crippen LogP contribution in [0.4, 0.5) is 18.9 Å². The molecule has 0 saturated carbocycles. The number of nitrogens with zero attached hydrogens (tertiary/aromatic N) is 3. The first-order valence-electron chi connectivity index (χ1n) is 8.79. The molecule has 2 heterocycles. The summed E-state index contributed by atoms with van der Waals surface area (Å²) in [5.41, 5.74) is -2.03. The van der Waals surface area contributed by atoms with E-state index in [0.717, 1.165) is 43.6 Å². The van der Waals surface area contributed by atoms with E-state index in [-0.39, 0.29) is 0 Å². The Hall–Kier alpha value is -2.42. The molecule has 0 spiro atoms. The topological polar surface area (TPSA) is 80.0 Å². The molecule has 0 bridgehead atoms. The number of carbonyl (C=O) groups excluding carboxylic acids is 1. The molecule has 0 fully saturated rings. The summed E-state index contributed by atoms with van der Waals surface area (Å²) in [6.45, 7) is 1.39. The average molecular weight is 382 g/mol. The molecule has 1 aliphatic heterocycles. The molecule has 0 radical (unpaired) electrons. The number of nitrogens with one attached hydrogen (secondary N) is 1. The summed E-state index contributed by atoms with van der Waals surface area (Å²) in [4.78, 5) is 11.9. The number of aromatic nitrogens is 3. The van der Waals surface area contributed by atoms with E-state index >= 15 is 0 Å². The summed E-state index contributed by atoms with van der Waals surface area (Å²) in [6, 6.07) is 6.71. The van der Waals surface area contributed by atoms with Crippen LogP contribution in [0.25, 0.3) is 11.4 Å². The molecule has 2 N–H and O–H groups in total. The number of carbonyl (C=O) groups is 1. The van der Waals surface area contributed by atoms with Gasteiger partial charge in [-0.05, 0) is 31.9 Å². The van der Waals surface area contributed by atoms with Crippen LogP contribution < -0.4 is 5.32 Å². The number of aliphatic hydroxyl groups is 1. The molecule has 0 unspecified atom stereocenters. The maximum absolute atomic E-state index is 12.7. The van der Waals surface area contributed by atoms with Gasteiger partial charge in [0.2, 0.25) is 5.91 Å². The normalized spacial score (nSPS) is 16.9. The Balaban J connectivity index is 1.77. The van der Waals surface area contributed by atoms with Gasteiger partial charge in [0.1, 0.15) is 5.82 Å².